The first-order valence-corrected chi connectivity index (χ1v) is 10.5. The number of allylic oxidation sites excluding steroid dienone is 1. The molecule has 28 heavy (non-hydrogen) atoms. The van der Waals surface area contributed by atoms with Gasteiger partial charge in [0.25, 0.3) is 0 Å². The van der Waals surface area contributed by atoms with Gasteiger partial charge >= 0.3 is 0 Å². The monoisotopic (exact) mass is 396 g/mol. The highest BCUT2D eigenvalue weighted by molar-refractivity contribution is 5.51. The van der Waals surface area contributed by atoms with Crippen LogP contribution in [0.3, 0.4) is 0 Å². The van der Waals surface area contributed by atoms with Crippen molar-refractivity contribution in [3.63, 3.8) is 0 Å². The zero-order valence-electron chi connectivity index (χ0n) is 16.9. The molecule has 0 atom stereocenters. The molecule has 0 amide bonds. The maximum atomic E-state index is 14.4. The van der Waals surface area contributed by atoms with E-state index in [1.807, 2.05) is 19.9 Å². The molecule has 3 rings (SSSR count). The van der Waals surface area contributed by atoms with Crippen LogP contribution in [0.25, 0.3) is 6.08 Å². The molecule has 0 aromatic heterocycles. The third kappa shape index (κ3) is 4.98. The number of ether oxygens (including phenoxy) is 2. The second kappa shape index (κ2) is 9.45. The summed E-state index contributed by atoms with van der Waals surface area (Å²) in [5.74, 6) is -0.913. The van der Waals surface area contributed by atoms with Gasteiger partial charge in [-0.25, -0.2) is 13.2 Å². The summed E-state index contributed by atoms with van der Waals surface area (Å²) in [5.41, 5.74) is -0.650. The SMILES string of the molecule is CCCC1(F)COC(C2CCC(C=Cc3ccc(CC)c(F)c3F)CC2)OC1. The average Bonchev–Trinajstić information content (AvgIpc) is 2.70. The summed E-state index contributed by atoms with van der Waals surface area (Å²) < 4.78 is 53.9. The second-order valence-corrected chi connectivity index (χ2v) is 8.22. The molecular weight excluding hydrogens is 365 g/mol. The molecule has 2 aliphatic rings. The lowest BCUT2D eigenvalue weighted by Crippen LogP contribution is -2.46. The van der Waals surface area contributed by atoms with Gasteiger partial charge in [-0.05, 0) is 50.0 Å². The number of rotatable bonds is 6. The molecule has 1 aromatic rings. The van der Waals surface area contributed by atoms with Crippen LogP contribution < -0.4 is 0 Å². The topological polar surface area (TPSA) is 18.5 Å². The van der Waals surface area contributed by atoms with Crippen molar-refractivity contribution >= 4 is 6.08 Å². The van der Waals surface area contributed by atoms with Gasteiger partial charge < -0.3 is 9.47 Å². The lowest BCUT2D eigenvalue weighted by Gasteiger charge is -2.39. The molecule has 1 saturated heterocycles. The van der Waals surface area contributed by atoms with E-state index in [9.17, 15) is 13.2 Å². The van der Waals surface area contributed by atoms with Crippen LogP contribution >= 0.6 is 0 Å². The van der Waals surface area contributed by atoms with Gasteiger partial charge in [0.15, 0.2) is 23.6 Å². The fourth-order valence-corrected chi connectivity index (χ4v) is 4.27. The molecule has 5 heteroatoms. The molecule has 0 N–H and O–H groups in total. The highest BCUT2D eigenvalue weighted by Gasteiger charge is 2.39. The average molecular weight is 396 g/mol. The lowest BCUT2D eigenvalue weighted by molar-refractivity contribution is -0.257. The van der Waals surface area contributed by atoms with E-state index in [4.69, 9.17) is 9.47 Å². The highest BCUT2D eigenvalue weighted by atomic mass is 19.2. The normalized spacial score (nSPS) is 31.4. The van der Waals surface area contributed by atoms with Crippen LogP contribution in [0.4, 0.5) is 13.2 Å². The van der Waals surface area contributed by atoms with Gasteiger partial charge in [0, 0.05) is 11.5 Å². The Morgan fingerprint density at radius 3 is 2.32 bits per heavy atom. The zero-order valence-corrected chi connectivity index (χ0v) is 16.9. The summed E-state index contributed by atoms with van der Waals surface area (Å²) in [7, 11) is 0. The van der Waals surface area contributed by atoms with E-state index >= 15 is 0 Å². The lowest BCUT2D eigenvalue weighted by atomic mass is 9.81. The van der Waals surface area contributed by atoms with Crippen LogP contribution in [-0.4, -0.2) is 25.2 Å². The Hall–Kier alpha value is -1.33. The molecule has 0 bridgehead atoms. The minimum absolute atomic E-state index is 0.115. The predicted octanol–water partition coefficient (Wildman–Crippen LogP) is 6.23. The van der Waals surface area contributed by atoms with Crippen molar-refractivity contribution in [3.8, 4) is 0 Å². The van der Waals surface area contributed by atoms with Crippen molar-refractivity contribution < 1.29 is 22.6 Å². The van der Waals surface area contributed by atoms with E-state index in [2.05, 4.69) is 0 Å². The second-order valence-electron chi connectivity index (χ2n) is 8.22. The van der Waals surface area contributed by atoms with Crippen LogP contribution in [0.15, 0.2) is 18.2 Å². The number of hydrogen-bond acceptors (Lipinski definition) is 2. The van der Waals surface area contributed by atoms with Gasteiger partial charge in [-0.1, -0.05) is 44.6 Å². The van der Waals surface area contributed by atoms with Crippen LogP contribution in [-0.2, 0) is 15.9 Å². The molecule has 156 valence electrons. The molecule has 0 radical (unpaired) electrons. The van der Waals surface area contributed by atoms with Gasteiger partial charge in [0.05, 0.1) is 13.2 Å². The Morgan fingerprint density at radius 1 is 1.04 bits per heavy atom. The summed E-state index contributed by atoms with van der Waals surface area (Å²) in [5, 5.41) is 0. The minimum Gasteiger partial charge on any atom is -0.349 e. The van der Waals surface area contributed by atoms with Gasteiger partial charge in [-0.3, -0.25) is 0 Å². The molecule has 1 saturated carbocycles. The molecule has 0 spiro atoms. The van der Waals surface area contributed by atoms with E-state index in [1.165, 1.54) is 0 Å². The van der Waals surface area contributed by atoms with Gasteiger partial charge in [0.1, 0.15) is 0 Å². The maximum Gasteiger partial charge on any atom is 0.166 e. The zero-order chi connectivity index (χ0) is 20.1. The third-order valence-corrected chi connectivity index (χ3v) is 6.03. The quantitative estimate of drug-likeness (QED) is 0.568. The molecule has 0 unspecified atom stereocenters. The van der Waals surface area contributed by atoms with Crippen LogP contribution in [0, 0.1) is 23.5 Å². The Morgan fingerprint density at radius 2 is 1.71 bits per heavy atom. The fraction of sp³-hybridized carbons (Fsp3) is 0.652. The number of aryl methyl sites for hydroxylation is 1. The maximum absolute atomic E-state index is 14.4. The number of hydrogen-bond donors (Lipinski definition) is 0. The largest absolute Gasteiger partial charge is 0.349 e. The standard InChI is InChI=1S/C23H31F3O2/c1-3-13-23(26)14-27-22(28-15-23)19-9-6-16(7-10-19)5-8-18-12-11-17(4-2)20(24)21(18)25/h5,8,11-12,16,19,22H,3-4,6-7,9-10,13-15H2,1-2H3. The molecule has 2 fully saturated rings. The van der Waals surface area contributed by atoms with Crippen LogP contribution in [0.5, 0.6) is 0 Å². The molecule has 1 heterocycles. The van der Waals surface area contributed by atoms with E-state index in [1.54, 1.807) is 18.2 Å². The van der Waals surface area contributed by atoms with Crippen molar-refractivity contribution in [1.82, 2.24) is 0 Å². The molecule has 1 aliphatic carbocycles. The first kappa shape index (κ1) is 21.4. The Labute approximate surface area is 166 Å². The van der Waals surface area contributed by atoms with E-state index in [0.717, 1.165) is 32.1 Å². The first-order chi connectivity index (χ1) is 13.5. The summed E-state index contributed by atoms with van der Waals surface area (Å²) >= 11 is 0. The van der Waals surface area contributed by atoms with E-state index in [-0.39, 0.29) is 25.4 Å². The van der Waals surface area contributed by atoms with E-state index in [0.29, 0.717) is 29.9 Å². The van der Waals surface area contributed by atoms with Crippen molar-refractivity contribution in [3.05, 3.63) is 41.0 Å². The van der Waals surface area contributed by atoms with Gasteiger partial charge in [-0.15, -0.1) is 0 Å². The third-order valence-electron chi connectivity index (χ3n) is 6.03. The fourth-order valence-electron chi connectivity index (χ4n) is 4.27. The Kier molecular flexibility index (Phi) is 7.21. The van der Waals surface area contributed by atoms with Gasteiger partial charge in [0.2, 0.25) is 0 Å². The number of benzene rings is 1. The number of alkyl halides is 1. The summed E-state index contributed by atoms with van der Waals surface area (Å²) in [6.45, 7) is 4.00. The van der Waals surface area contributed by atoms with Crippen molar-refractivity contribution in [2.24, 2.45) is 11.8 Å². The van der Waals surface area contributed by atoms with Crippen molar-refractivity contribution in [2.45, 2.75) is 70.8 Å². The summed E-state index contributed by atoms with van der Waals surface area (Å²) in [4.78, 5) is 0. The summed E-state index contributed by atoms with van der Waals surface area (Å²) in [6.07, 6.45) is 8.81. The van der Waals surface area contributed by atoms with Crippen molar-refractivity contribution in [2.75, 3.05) is 13.2 Å². The Balaban J connectivity index is 1.50. The molecular formula is C23H31F3O2. The van der Waals surface area contributed by atoms with Crippen molar-refractivity contribution in [1.29, 1.82) is 0 Å². The molecule has 2 nitrogen and oxygen atoms in total. The smallest absolute Gasteiger partial charge is 0.166 e. The van der Waals surface area contributed by atoms with Gasteiger partial charge in [-0.2, -0.15) is 0 Å². The summed E-state index contributed by atoms with van der Waals surface area (Å²) in [6, 6.07) is 3.29. The van der Waals surface area contributed by atoms with Crippen LogP contribution in [0.1, 0.15) is 63.5 Å². The van der Waals surface area contributed by atoms with E-state index < -0.39 is 17.3 Å². The first-order valence-electron chi connectivity index (χ1n) is 10.5. The molecule has 1 aromatic carbocycles. The Bertz CT molecular complexity index is 673. The number of halogens is 3. The predicted molar refractivity (Wildman–Crippen MR) is 105 cm³/mol. The minimum atomic E-state index is -1.35. The highest BCUT2D eigenvalue weighted by Crippen LogP contribution is 2.36. The van der Waals surface area contributed by atoms with Crippen LogP contribution in [0.2, 0.25) is 0 Å². The molecule has 1 aliphatic heterocycles.